The van der Waals surface area contributed by atoms with E-state index in [4.69, 9.17) is 4.74 Å². The smallest absolute Gasteiger partial charge is 0.121 e. The lowest BCUT2D eigenvalue weighted by Gasteiger charge is -2.37. The summed E-state index contributed by atoms with van der Waals surface area (Å²) in [5, 5.41) is 10.5. The largest absolute Gasteiger partial charge is 0.507 e. The number of phenolic OH excluding ortho intramolecular Hbond substituents is 1. The molecule has 1 N–H and O–H groups in total. The molecule has 0 spiro atoms. The quantitative estimate of drug-likeness (QED) is 0.360. The van der Waals surface area contributed by atoms with Crippen LogP contribution in [0.4, 0.5) is 0 Å². The molecule has 0 aromatic heterocycles. The molecule has 0 fully saturated rings. The van der Waals surface area contributed by atoms with E-state index in [1.165, 1.54) is 68.1 Å². The summed E-state index contributed by atoms with van der Waals surface area (Å²) in [6.07, 6.45) is 12.9. The fraction of sp³-hybridized carbons (Fsp3) is 0.793. The summed E-state index contributed by atoms with van der Waals surface area (Å²) in [5.41, 5.74) is 5.80. The molecule has 1 aliphatic rings. The summed E-state index contributed by atoms with van der Waals surface area (Å²) in [5.74, 6) is 3.01. The van der Waals surface area contributed by atoms with Crippen molar-refractivity contribution in [2.24, 2.45) is 17.8 Å². The third-order valence-corrected chi connectivity index (χ3v) is 7.93. The normalized spacial score (nSPS) is 20.7. The zero-order valence-electron chi connectivity index (χ0n) is 21.9. The van der Waals surface area contributed by atoms with Crippen LogP contribution in [0.1, 0.15) is 120 Å². The SMILES string of the molecule is Cc1c(C)c2c(c(C)c1O)C[C@@](C)(CCC[C@H](C)CCC[C@H](C)CCCC(C)C)OC2. The summed E-state index contributed by atoms with van der Waals surface area (Å²) in [4.78, 5) is 0. The molecule has 1 aliphatic heterocycles. The van der Waals surface area contributed by atoms with Crippen LogP contribution in [0.5, 0.6) is 5.75 Å². The Morgan fingerprint density at radius 1 is 0.774 bits per heavy atom. The lowest BCUT2D eigenvalue weighted by Crippen LogP contribution is -2.36. The van der Waals surface area contributed by atoms with Crippen molar-refractivity contribution in [3.63, 3.8) is 0 Å². The molecule has 1 heterocycles. The van der Waals surface area contributed by atoms with Crippen LogP contribution in [-0.4, -0.2) is 10.7 Å². The topological polar surface area (TPSA) is 29.5 Å². The van der Waals surface area contributed by atoms with Crippen LogP contribution in [0, 0.1) is 38.5 Å². The van der Waals surface area contributed by atoms with E-state index in [0.717, 1.165) is 41.7 Å². The molecule has 0 amide bonds. The first-order chi connectivity index (χ1) is 14.5. The Labute approximate surface area is 193 Å². The molecular formula is C29H50O2. The van der Waals surface area contributed by atoms with E-state index >= 15 is 0 Å². The summed E-state index contributed by atoms with van der Waals surface area (Å²) < 4.78 is 6.39. The van der Waals surface area contributed by atoms with E-state index in [1.807, 2.05) is 6.92 Å². The average Bonchev–Trinajstić information content (AvgIpc) is 2.70. The first kappa shape index (κ1) is 26.2. The average molecular weight is 431 g/mol. The third-order valence-electron chi connectivity index (χ3n) is 7.93. The minimum absolute atomic E-state index is 0.101. The van der Waals surface area contributed by atoms with Crippen LogP contribution in [-0.2, 0) is 17.8 Å². The minimum atomic E-state index is -0.101. The van der Waals surface area contributed by atoms with Crippen LogP contribution in [0.15, 0.2) is 0 Å². The molecule has 31 heavy (non-hydrogen) atoms. The van der Waals surface area contributed by atoms with Crippen LogP contribution < -0.4 is 0 Å². The molecule has 3 atom stereocenters. The predicted octanol–water partition coefficient (Wildman–Crippen LogP) is 8.59. The molecule has 2 nitrogen and oxygen atoms in total. The van der Waals surface area contributed by atoms with Crippen molar-refractivity contribution in [2.45, 2.75) is 132 Å². The highest BCUT2D eigenvalue weighted by Crippen LogP contribution is 2.40. The van der Waals surface area contributed by atoms with E-state index < -0.39 is 0 Å². The molecule has 0 radical (unpaired) electrons. The van der Waals surface area contributed by atoms with Crippen molar-refractivity contribution < 1.29 is 9.84 Å². The molecule has 0 unspecified atom stereocenters. The van der Waals surface area contributed by atoms with Gasteiger partial charge in [0.05, 0.1) is 12.2 Å². The number of rotatable bonds is 12. The number of hydrogen-bond donors (Lipinski definition) is 1. The Morgan fingerprint density at radius 2 is 1.32 bits per heavy atom. The van der Waals surface area contributed by atoms with Gasteiger partial charge in [-0.05, 0) is 79.7 Å². The number of ether oxygens (including phenoxy) is 1. The zero-order chi connectivity index (χ0) is 23.2. The van der Waals surface area contributed by atoms with Crippen molar-refractivity contribution in [1.82, 2.24) is 0 Å². The third kappa shape index (κ3) is 7.52. The summed E-state index contributed by atoms with van der Waals surface area (Å²) in [6, 6.07) is 0. The van der Waals surface area contributed by atoms with Gasteiger partial charge in [-0.15, -0.1) is 0 Å². The van der Waals surface area contributed by atoms with Crippen LogP contribution >= 0.6 is 0 Å². The number of fused-ring (bicyclic) bond motifs is 1. The molecule has 1 aromatic carbocycles. The second-order valence-electron chi connectivity index (χ2n) is 11.5. The number of phenols is 1. The molecule has 2 heteroatoms. The van der Waals surface area contributed by atoms with Gasteiger partial charge in [0.15, 0.2) is 0 Å². The number of hydrogen-bond acceptors (Lipinski definition) is 2. The first-order valence-electron chi connectivity index (χ1n) is 13.0. The predicted molar refractivity (Wildman–Crippen MR) is 134 cm³/mol. The second kappa shape index (κ2) is 11.7. The highest BCUT2D eigenvalue weighted by atomic mass is 16.5. The Morgan fingerprint density at radius 3 is 1.90 bits per heavy atom. The highest BCUT2D eigenvalue weighted by molar-refractivity contribution is 5.54. The Hall–Kier alpha value is -1.02. The first-order valence-corrected chi connectivity index (χ1v) is 13.0. The standard InChI is InChI=1S/C29H50O2/c1-20(2)12-9-13-21(3)14-10-15-22(4)16-11-17-29(8)18-26-25(7)28(30)24(6)23(5)27(26)19-31-29/h20-22,30H,9-19H2,1-8H3/t21-,22-,29-/m1/s1. The van der Waals surface area contributed by atoms with Gasteiger partial charge in [0.2, 0.25) is 0 Å². The lowest BCUT2D eigenvalue weighted by atomic mass is 9.81. The van der Waals surface area contributed by atoms with Gasteiger partial charge < -0.3 is 9.84 Å². The molecule has 178 valence electrons. The molecule has 0 aliphatic carbocycles. The Bertz CT molecular complexity index is 705. The van der Waals surface area contributed by atoms with Gasteiger partial charge in [-0.25, -0.2) is 0 Å². The summed E-state index contributed by atoms with van der Waals surface area (Å²) in [6.45, 7) is 18.7. The fourth-order valence-electron chi connectivity index (χ4n) is 5.35. The Kier molecular flexibility index (Phi) is 9.93. The van der Waals surface area contributed by atoms with Crippen molar-refractivity contribution >= 4 is 0 Å². The van der Waals surface area contributed by atoms with Crippen molar-refractivity contribution in [2.75, 3.05) is 0 Å². The van der Waals surface area contributed by atoms with E-state index in [2.05, 4.69) is 48.5 Å². The zero-order valence-corrected chi connectivity index (χ0v) is 21.9. The molecular weight excluding hydrogens is 380 g/mol. The molecule has 0 bridgehead atoms. The molecule has 0 saturated carbocycles. The van der Waals surface area contributed by atoms with Crippen molar-refractivity contribution in [3.8, 4) is 5.75 Å². The summed E-state index contributed by atoms with van der Waals surface area (Å²) in [7, 11) is 0. The van der Waals surface area contributed by atoms with E-state index in [0.29, 0.717) is 12.4 Å². The minimum Gasteiger partial charge on any atom is -0.507 e. The van der Waals surface area contributed by atoms with Crippen molar-refractivity contribution in [3.05, 3.63) is 27.8 Å². The van der Waals surface area contributed by atoms with Gasteiger partial charge in [-0.1, -0.05) is 79.1 Å². The van der Waals surface area contributed by atoms with Gasteiger partial charge in [-0.3, -0.25) is 0 Å². The maximum absolute atomic E-state index is 10.5. The number of benzene rings is 1. The van der Waals surface area contributed by atoms with Crippen molar-refractivity contribution in [1.29, 1.82) is 0 Å². The highest BCUT2D eigenvalue weighted by Gasteiger charge is 2.33. The molecule has 0 saturated heterocycles. The molecule has 2 rings (SSSR count). The van der Waals surface area contributed by atoms with Gasteiger partial charge in [0.1, 0.15) is 5.75 Å². The fourth-order valence-corrected chi connectivity index (χ4v) is 5.35. The van der Waals surface area contributed by atoms with Gasteiger partial charge >= 0.3 is 0 Å². The van der Waals surface area contributed by atoms with E-state index in [-0.39, 0.29) is 5.60 Å². The summed E-state index contributed by atoms with van der Waals surface area (Å²) >= 11 is 0. The van der Waals surface area contributed by atoms with E-state index in [1.54, 1.807) is 0 Å². The van der Waals surface area contributed by atoms with E-state index in [9.17, 15) is 5.11 Å². The van der Waals surface area contributed by atoms with Crippen LogP contribution in [0.2, 0.25) is 0 Å². The second-order valence-corrected chi connectivity index (χ2v) is 11.5. The monoisotopic (exact) mass is 430 g/mol. The Balaban J connectivity index is 1.74. The van der Waals surface area contributed by atoms with Crippen LogP contribution in [0.3, 0.4) is 0 Å². The maximum Gasteiger partial charge on any atom is 0.121 e. The van der Waals surface area contributed by atoms with Gasteiger partial charge in [0.25, 0.3) is 0 Å². The van der Waals surface area contributed by atoms with Gasteiger partial charge in [0, 0.05) is 6.42 Å². The molecule has 1 aromatic rings. The van der Waals surface area contributed by atoms with Gasteiger partial charge in [-0.2, -0.15) is 0 Å². The number of aromatic hydroxyl groups is 1. The van der Waals surface area contributed by atoms with Crippen LogP contribution in [0.25, 0.3) is 0 Å². The lowest BCUT2D eigenvalue weighted by molar-refractivity contribution is -0.0617. The maximum atomic E-state index is 10.5.